The lowest BCUT2D eigenvalue weighted by atomic mass is 9.95. The average Bonchev–Trinajstić information content (AvgIpc) is 2.75. The van der Waals surface area contributed by atoms with Gasteiger partial charge in [-0.1, -0.05) is 13.8 Å². The van der Waals surface area contributed by atoms with Crippen LogP contribution in [0.1, 0.15) is 27.2 Å². The summed E-state index contributed by atoms with van der Waals surface area (Å²) in [6.45, 7) is 6.90. The molecule has 0 radical (unpaired) electrons. The van der Waals surface area contributed by atoms with Crippen molar-refractivity contribution in [3.8, 4) is 0 Å². The Morgan fingerprint density at radius 1 is 1.41 bits per heavy atom. The lowest BCUT2D eigenvalue weighted by molar-refractivity contribution is -0.153. The highest BCUT2D eigenvalue weighted by Crippen LogP contribution is 2.24. The first-order valence-electron chi connectivity index (χ1n) is 6.22. The quantitative estimate of drug-likeness (QED) is 0.747. The molecule has 2 aliphatic rings. The minimum Gasteiger partial charge on any atom is -0.379 e. The SMILES string of the molecule is CC1NC(=O)C(C(C)C)N(C2CCOC2)C1=O. The normalized spacial score (nSPS) is 34.4. The maximum atomic E-state index is 12.2. The van der Waals surface area contributed by atoms with Crippen molar-refractivity contribution in [2.45, 2.75) is 45.3 Å². The molecular formula is C12H20N2O3. The zero-order chi connectivity index (χ0) is 12.6. The van der Waals surface area contributed by atoms with Gasteiger partial charge in [-0.25, -0.2) is 0 Å². The largest absolute Gasteiger partial charge is 0.379 e. The highest BCUT2D eigenvalue weighted by molar-refractivity contribution is 5.97. The average molecular weight is 240 g/mol. The van der Waals surface area contributed by atoms with Gasteiger partial charge in [0.1, 0.15) is 12.1 Å². The molecule has 17 heavy (non-hydrogen) atoms. The van der Waals surface area contributed by atoms with E-state index in [1.807, 2.05) is 13.8 Å². The Morgan fingerprint density at radius 3 is 2.65 bits per heavy atom. The van der Waals surface area contributed by atoms with Crippen LogP contribution in [0.15, 0.2) is 0 Å². The van der Waals surface area contributed by atoms with E-state index >= 15 is 0 Å². The lowest BCUT2D eigenvalue weighted by Gasteiger charge is -2.42. The molecule has 2 aliphatic heterocycles. The Balaban J connectivity index is 2.26. The summed E-state index contributed by atoms with van der Waals surface area (Å²) in [5.74, 6) is 0.0878. The summed E-state index contributed by atoms with van der Waals surface area (Å²) in [6.07, 6.45) is 0.828. The molecule has 0 aromatic carbocycles. The van der Waals surface area contributed by atoms with Crippen LogP contribution >= 0.6 is 0 Å². The van der Waals surface area contributed by atoms with Crippen molar-refractivity contribution in [2.75, 3.05) is 13.2 Å². The number of hydrogen-bond acceptors (Lipinski definition) is 3. The summed E-state index contributed by atoms with van der Waals surface area (Å²) < 4.78 is 5.33. The fourth-order valence-corrected chi connectivity index (χ4v) is 2.62. The van der Waals surface area contributed by atoms with E-state index < -0.39 is 6.04 Å². The van der Waals surface area contributed by atoms with Crippen molar-refractivity contribution in [3.05, 3.63) is 0 Å². The Hall–Kier alpha value is -1.10. The van der Waals surface area contributed by atoms with Gasteiger partial charge in [-0.2, -0.15) is 0 Å². The molecular weight excluding hydrogens is 220 g/mol. The number of carbonyl (C=O) groups is 2. The van der Waals surface area contributed by atoms with Gasteiger partial charge < -0.3 is 15.0 Å². The number of piperazine rings is 1. The monoisotopic (exact) mass is 240 g/mol. The van der Waals surface area contributed by atoms with Crippen LogP contribution in [0, 0.1) is 5.92 Å². The standard InChI is InChI=1S/C12H20N2O3/c1-7(2)10-11(15)13-8(3)12(16)14(10)9-4-5-17-6-9/h7-10H,4-6H2,1-3H3,(H,13,15). The highest BCUT2D eigenvalue weighted by Gasteiger charge is 2.44. The Bertz CT molecular complexity index is 324. The first kappa shape index (κ1) is 12.4. The molecule has 0 bridgehead atoms. The van der Waals surface area contributed by atoms with E-state index in [2.05, 4.69) is 5.32 Å². The summed E-state index contributed by atoms with van der Waals surface area (Å²) in [5.41, 5.74) is 0. The van der Waals surface area contributed by atoms with Crippen LogP contribution < -0.4 is 5.32 Å². The zero-order valence-electron chi connectivity index (χ0n) is 10.6. The second-order valence-corrected chi connectivity index (χ2v) is 5.18. The van der Waals surface area contributed by atoms with Crippen molar-refractivity contribution >= 4 is 11.8 Å². The van der Waals surface area contributed by atoms with Crippen molar-refractivity contribution < 1.29 is 14.3 Å². The van der Waals surface area contributed by atoms with Crippen molar-refractivity contribution in [1.29, 1.82) is 0 Å². The number of carbonyl (C=O) groups excluding carboxylic acids is 2. The molecule has 96 valence electrons. The number of amides is 2. The lowest BCUT2D eigenvalue weighted by Crippen LogP contribution is -2.66. The van der Waals surface area contributed by atoms with Crippen LogP contribution in [0.5, 0.6) is 0 Å². The molecule has 0 aliphatic carbocycles. The van der Waals surface area contributed by atoms with Gasteiger partial charge >= 0.3 is 0 Å². The maximum absolute atomic E-state index is 12.2. The molecule has 1 N–H and O–H groups in total. The predicted octanol–water partition coefficient (Wildman–Crippen LogP) is 0.147. The van der Waals surface area contributed by atoms with E-state index in [-0.39, 0.29) is 29.8 Å². The minimum atomic E-state index is -0.418. The molecule has 2 amide bonds. The summed E-state index contributed by atoms with van der Waals surface area (Å²) in [7, 11) is 0. The van der Waals surface area contributed by atoms with E-state index in [9.17, 15) is 9.59 Å². The third-order valence-electron chi connectivity index (χ3n) is 3.48. The van der Waals surface area contributed by atoms with Gasteiger partial charge in [0, 0.05) is 6.61 Å². The molecule has 0 aromatic rings. The first-order chi connectivity index (χ1) is 8.02. The van der Waals surface area contributed by atoms with Gasteiger partial charge in [0.25, 0.3) is 0 Å². The third kappa shape index (κ3) is 2.16. The van der Waals surface area contributed by atoms with Crippen molar-refractivity contribution in [3.63, 3.8) is 0 Å². The molecule has 3 atom stereocenters. The van der Waals surface area contributed by atoms with E-state index in [4.69, 9.17) is 4.74 Å². The van der Waals surface area contributed by atoms with E-state index in [1.165, 1.54) is 0 Å². The topological polar surface area (TPSA) is 58.6 Å². The maximum Gasteiger partial charge on any atom is 0.245 e. The van der Waals surface area contributed by atoms with Crippen LogP contribution in [0.25, 0.3) is 0 Å². The number of nitrogens with one attached hydrogen (secondary N) is 1. The van der Waals surface area contributed by atoms with Crippen LogP contribution in [-0.2, 0) is 14.3 Å². The fourth-order valence-electron chi connectivity index (χ4n) is 2.62. The number of ether oxygens (including phenoxy) is 1. The molecule has 2 rings (SSSR count). The summed E-state index contributed by atoms with van der Waals surface area (Å²) in [5, 5.41) is 2.74. The second kappa shape index (κ2) is 4.64. The van der Waals surface area contributed by atoms with Crippen LogP contribution in [0.4, 0.5) is 0 Å². The molecule has 5 heteroatoms. The predicted molar refractivity (Wildman–Crippen MR) is 62.3 cm³/mol. The van der Waals surface area contributed by atoms with Gasteiger partial charge in [0.05, 0.1) is 12.6 Å². The number of rotatable bonds is 2. The summed E-state index contributed by atoms with van der Waals surface area (Å²) >= 11 is 0. The Kier molecular flexibility index (Phi) is 3.38. The van der Waals surface area contributed by atoms with Crippen molar-refractivity contribution in [1.82, 2.24) is 10.2 Å². The first-order valence-corrected chi connectivity index (χ1v) is 6.22. The van der Waals surface area contributed by atoms with Crippen molar-refractivity contribution in [2.24, 2.45) is 5.92 Å². The molecule has 0 saturated carbocycles. The molecule has 2 saturated heterocycles. The van der Waals surface area contributed by atoms with Gasteiger partial charge in [-0.05, 0) is 19.3 Å². The smallest absolute Gasteiger partial charge is 0.245 e. The molecule has 0 spiro atoms. The number of nitrogens with zero attached hydrogens (tertiary/aromatic N) is 1. The third-order valence-corrected chi connectivity index (χ3v) is 3.48. The summed E-state index contributed by atoms with van der Waals surface area (Å²) in [4.78, 5) is 26.0. The van der Waals surface area contributed by atoms with Crippen LogP contribution in [0.2, 0.25) is 0 Å². The fraction of sp³-hybridized carbons (Fsp3) is 0.833. The molecule has 0 aromatic heterocycles. The highest BCUT2D eigenvalue weighted by atomic mass is 16.5. The number of hydrogen-bond donors (Lipinski definition) is 1. The van der Waals surface area contributed by atoms with Crippen LogP contribution in [-0.4, -0.2) is 48.1 Å². The van der Waals surface area contributed by atoms with E-state index in [0.717, 1.165) is 6.42 Å². The Morgan fingerprint density at radius 2 is 2.12 bits per heavy atom. The molecule has 2 fully saturated rings. The minimum absolute atomic E-state index is 0.0128. The molecule has 3 unspecified atom stereocenters. The second-order valence-electron chi connectivity index (χ2n) is 5.18. The molecule has 5 nitrogen and oxygen atoms in total. The van der Waals surface area contributed by atoms with E-state index in [0.29, 0.717) is 13.2 Å². The van der Waals surface area contributed by atoms with Gasteiger partial charge in [-0.3, -0.25) is 9.59 Å². The van der Waals surface area contributed by atoms with E-state index in [1.54, 1.807) is 11.8 Å². The molecule has 2 heterocycles. The van der Waals surface area contributed by atoms with Gasteiger partial charge in [0.2, 0.25) is 11.8 Å². The zero-order valence-corrected chi connectivity index (χ0v) is 10.6. The van der Waals surface area contributed by atoms with Gasteiger partial charge in [0.15, 0.2) is 0 Å². The van der Waals surface area contributed by atoms with Gasteiger partial charge in [-0.15, -0.1) is 0 Å². The Labute approximate surface area is 101 Å². The van der Waals surface area contributed by atoms with Crippen LogP contribution in [0.3, 0.4) is 0 Å². The summed E-state index contributed by atoms with van der Waals surface area (Å²) in [6, 6.07) is -0.716.